The molecule has 1 N–H and O–H groups in total. The fraction of sp³-hybridized carbons (Fsp3) is 0.917. The lowest BCUT2D eigenvalue weighted by atomic mass is 9.82. The SMILES string of the molecule is O=C(C1CCC1)N1CCCC2CNCC21. The summed E-state index contributed by atoms with van der Waals surface area (Å²) in [4.78, 5) is 14.4. The largest absolute Gasteiger partial charge is 0.338 e. The van der Waals surface area contributed by atoms with Crippen LogP contribution in [0.5, 0.6) is 0 Å². The van der Waals surface area contributed by atoms with Gasteiger partial charge in [0.25, 0.3) is 0 Å². The molecule has 0 aromatic rings. The third kappa shape index (κ3) is 1.57. The Morgan fingerprint density at radius 1 is 1.13 bits per heavy atom. The summed E-state index contributed by atoms with van der Waals surface area (Å²) in [6, 6.07) is 0.520. The van der Waals surface area contributed by atoms with Crippen molar-refractivity contribution in [3.63, 3.8) is 0 Å². The first-order valence-electron chi connectivity index (χ1n) is 6.37. The van der Waals surface area contributed by atoms with Crippen molar-refractivity contribution in [2.75, 3.05) is 19.6 Å². The number of fused-ring (bicyclic) bond motifs is 1. The molecule has 1 saturated carbocycles. The van der Waals surface area contributed by atoms with Crippen molar-refractivity contribution in [3.8, 4) is 0 Å². The summed E-state index contributed by atoms with van der Waals surface area (Å²) in [5.74, 6) is 1.58. The fourth-order valence-electron chi connectivity index (χ4n) is 3.23. The van der Waals surface area contributed by atoms with E-state index in [4.69, 9.17) is 0 Å². The van der Waals surface area contributed by atoms with Crippen LogP contribution >= 0.6 is 0 Å². The van der Waals surface area contributed by atoms with Crippen LogP contribution in [0.1, 0.15) is 32.1 Å². The molecule has 2 unspecified atom stereocenters. The topological polar surface area (TPSA) is 32.3 Å². The molecule has 3 fully saturated rings. The molecule has 0 spiro atoms. The molecule has 3 rings (SSSR count). The van der Waals surface area contributed by atoms with Crippen molar-refractivity contribution in [3.05, 3.63) is 0 Å². The maximum absolute atomic E-state index is 12.2. The van der Waals surface area contributed by atoms with Crippen LogP contribution in [0.3, 0.4) is 0 Å². The molecular formula is C12H20N2O. The Morgan fingerprint density at radius 3 is 2.73 bits per heavy atom. The van der Waals surface area contributed by atoms with Crippen LogP contribution in [-0.4, -0.2) is 36.5 Å². The summed E-state index contributed by atoms with van der Waals surface area (Å²) in [6.45, 7) is 3.17. The molecule has 15 heavy (non-hydrogen) atoms. The second kappa shape index (κ2) is 3.78. The second-order valence-electron chi connectivity index (χ2n) is 5.29. The monoisotopic (exact) mass is 208 g/mol. The minimum Gasteiger partial charge on any atom is -0.338 e. The van der Waals surface area contributed by atoms with E-state index < -0.39 is 0 Å². The summed E-state index contributed by atoms with van der Waals surface area (Å²) in [5.41, 5.74) is 0. The molecule has 0 aromatic carbocycles. The number of piperidine rings is 1. The van der Waals surface area contributed by atoms with Gasteiger partial charge in [-0.2, -0.15) is 0 Å². The third-order valence-corrected chi connectivity index (χ3v) is 4.42. The number of rotatable bonds is 1. The van der Waals surface area contributed by atoms with Crippen molar-refractivity contribution in [2.24, 2.45) is 11.8 Å². The Labute approximate surface area is 91.2 Å². The van der Waals surface area contributed by atoms with Gasteiger partial charge in [0, 0.05) is 31.6 Å². The van der Waals surface area contributed by atoms with Crippen LogP contribution < -0.4 is 5.32 Å². The quantitative estimate of drug-likeness (QED) is 0.697. The zero-order valence-corrected chi connectivity index (χ0v) is 9.24. The smallest absolute Gasteiger partial charge is 0.225 e. The molecule has 2 aliphatic heterocycles. The Morgan fingerprint density at radius 2 is 2.00 bits per heavy atom. The molecule has 2 atom stereocenters. The van der Waals surface area contributed by atoms with E-state index in [0.29, 0.717) is 17.9 Å². The Bertz CT molecular complexity index is 262. The summed E-state index contributed by atoms with van der Waals surface area (Å²) in [7, 11) is 0. The highest BCUT2D eigenvalue weighted by Gasteiger charge is 2.40. The molecule has 2 heterocycles. The van der Waals surface area contributed by atoms with Gasteiger partial charge in [0.15, 0.2) is 0 Å². The molecule has 0 bridgehead atoms. The minimum absolute atomic E-state index is 0.379. The molecule has 3 aliphatic rings. The number of carbonyl (C=O) groups excluding carboxylic acids is 1. The Kier molecular flexibility index (Phi) is 2.43. The van der Waals surface area contributed by atoms with Gasteiger partial charge in [-0.05, 0) is 31.6 Å². The van der Waals surface area contributed by atoms with E-state index in [1.807, 2.05) is 0 Å². The van der Waals surface area contributed by atoms with E-state index in [-0.39, 0.29) is 0 Å². The molecule has 0 aromatic heterocycles. The highest BCUT2D eigenvalue weighted by atomic mass is 16.2. The molecule has 1 amide bonds. The van der Waals surface area contributed by atoms with Gasteiger partial charge in [0.2, 0.25) is 5.91 Å². The van der Waals surface area contributed by atoms with Crippen molar-refractivity contribution in [1.82, 2.24) is 10.2 Å². The standard InChI is InChI=1S/C12H20N2O/c15-12(9-3-1-4-9)14-6-2-5-10-7-13-8-11(10)14/h9-11,13H,1-8H2. The third-order valence-electron chi connectivity index (χ3n) is 4.42. The second-order valence-corrected chi connectivity index (χ2v) is 5.29. The van der Waals surface area contributed by atoms with Crippen LogP contribution in [-0.2, 0) is 4.79 Å². The van der Waals surface area contributed by atoms with Crippen molar-refractivity contribution >= 4 is 5.91 Å². The van der Waals surface area contributed by atoms with Crippen molar-refractivity contribution in [1.29, 1.82) is 0 Å². The van der Waals surface area contributed by atoms with E-state index in [2.05, 4.69) is 10.2 Å². The molecular weight excluding hydrogens is 188 g/mol. The molecule has 3 nitrogen and oxygen atoms in total. The fourth-order valence-corrected chi connectivity index (χ4v) is 3.23. The van der Waals surface area contributed by atoms with Crippen LogP contribution in [0.15, 0.2) is 0 Å². The van der Waals surface area contributed by atoms with Gasteiger partial charge in [-0.1, -0.05) is 6.42 Å². The highest BCUT2D eigenvalue weighted by Crippen LogP contribution is 2.33. The number of nitrogens with zero attached hydrogens (tertiary/aromatic N) is 1. The van der Waals surface area contributed by atoms with E-state index >= 15 is 0 Å². The number of amides is 1. The number of hydrogen-bond donors (Lipinski definition) is 1. The first-order chi connectivity index (χ1) is 7.36. The van der Waals surface area contributed by atoms with Crippen LogP contribution in [0.2, 0.25) is 0 Å². The van der Waals surface area contributed by atoms with Crippen molar-refractivity contribution < 1.29 is 4.79 Å². The van der Waals surface area contributed by atoms with Crippen LogP contribution in [0.4, 0.5) is 0 Å². The maximum atomic E-state index is 12.2. The molecule has 3 heteroatoms. The van der Waals surface area contributed by atoms with Gasteiger partial charge >= 0.3 is 0 Å². The minimum atomic E-state index is 0.379. The summed E-state index contributed by atoms with van der Waals surface area (Å²) >= 11 is 0. The maximum Gasteiger partial charge on any atom is 0.225 e. The Hall–Kier alpha value is -0.570. The number of hydrogen-bond acceptors (Lipinski definition) is 2. The molecule has 84 valence electrons. The summed E-state index contributed by atoms with van der Waals surface area (Å²) in [6.07, 6.45) is 6.06. The summed E-state index contributed by atoms with van der Waals surface area (Å²) in [5, 5.41) is 3.43. The lowest BCUT2D eigenvalue weighted by Crippen LogP contribution is -2.51. The average molecular weight is 208 g/mol. The van der Waals surface area contributed by atoms with Gasteiger partial charge in [0.1, 0.15) is 0 Å². The van der Waals surface area contributed by atoms with Gasteiger partial charge in [0.05, 0.1) is 0 Å². The molecule has 2 saturated heterocycles. The molecule has 0 radical (unpaired) electrons. The van der Waals surface area contributed by atoms with Gasteiger partial charge in [-0.15, -0.1) is 0 Å². The Balaban J connectivity index is 1.70. The van der Waals surface area contributed by atoms with E-state index in [1.54, 1.807) is 0 Å². The number of likely N-dealkylation sites (tertiary alicyclic amines) is 1. The first kappa shape index (κ1) is 9.64. The van der Waals surface area contributed by atoms with E-state index in [9.17, 15) is 4.79 Å². The van der Waals surface area contributed by atoms with Gasteiger partial charge in [-0.25, -0.2) is 0 Å². The first-order valence-corrected chi connectivity index (χ1v) is 6.37. The number of nitrogens with one attached hydrogen (secondary N) is 1. The normalized spacial score (nSPS) is 36.1. The molecule has 1 aliphatic carbocycles. The van der Waals surface area contributed by atoms with Gasteiger partial charge in [-0.3, -0.25) is 4.79 Å². The van der Waals surface area contributed by atoms with Crippen molar-refractivity contribution in [2.45, 2.75) is 38.1 Å². The predicted molar refractivity (Wildman–Crippen MR) is 58.4 cm³/mol. The highest BCUT2D eigenvalue weighted by molar-refractivity contribution is 5.80. The van der Waals surface area contributed by atoms with Crippen LogP contribution in [0.25, 0.3) is 0 Å². The van der Waals surface area contributed by atoms with E-state index in [1.165, 1.54) is 19.3 Å². The van der Waals surface area contributed by atoms with E-state index in [0.717, 1.165) is 38.4 Å². The van der Waals surface area contributed by atoms with Crippen LogP contribution in [0, 0.1) is 11.8 Å². The lowest BCUT2D eigenvalue weighted by molar-refractivity contribution is -0.142. The summed E-state index contributed by atoms with van der Waals surface area (Å²) < 4.78 is 0. The van der Waals surface area contributed by atoms with Gasteiger partial charge < -0.3 is 10.2 Å². The average Bonchev–Trinajstić information content (AvgIpc) is 2.61. The zero-order chi connectivity index (χ0) is 10.3. The lowest BCUT2D eigenvalue weighted by Gasteiger charge is -2.40. The zero-order valence-electron chi connectivity index (χ0n) is 9.24. The number of carbonyl (C=O) groups is 1. The predicted octanol–water partition coefficient (Wildman–Crippen LogP) is 0.997.